The van der Waals surface area contributed by atoms with Gasteiger partial charge in [-0.2, -0.15) is 10.2 Å². The Balaban J connectivity index is 1.28. The maximum absolute atomic E-state index is 12.6. The van der Waals surface area contributed by atoms with Crippen molar-refractivity contribution in [3.63, 3.8) is 0 Å². The number of amides is 1. The Morgan fingerprint density at radius 1 is 1.31 bits per heavy atom. The van der Waals surface area contributed by atoms with E-state index in [-0.39, 0.29) is 30.6 Å². The smallest absolute Gasteiger partial charge is 0.428 e. The summed E-state index contributed by atoms with van der Waals surface area (Å²) in [4.78, 5) is 34.7. The van der Waals surface area contributed by atoms with Gasteiger partial charge in [0.1, 0.15) is 23.7 Å². The Kier molecular flexibility index (Phi) is 7.03. The predicted molar refractivity (Wildman–Crippen MR) is 118 cm³/mol. The number of hydrogen-bond donors (Lipinski definition) is 2. The number of non-ortho nitro benzene ring substituents is 1. The second-order valence-corrected chi connectivity index (χ2v) is 7.64. The summed E-state index contributed by atoms with van der Waals surface area (Å²) in [5, 5.41) is 24.5. The minimum absolute atomic E-state index is 0.118. The Morgan fingerprint density at radius 3 is 2.80 bits per heavy atom. The fraction of sp³-hybridized carbons (Fsp3) is 0.333. The van der Waals surface area contributed by atoms with Crippen molar-refractivity contribution >= 4 is 23.6 Å². The fourth-order valence-electron chi connectivity index (χ4n) is 3.49. The number of nitrogens with zero attached hydrogens (tertiary/aromatic N) is 4. The average molecular weight is 486 g/mol. The van der Waals surface area contributed by atoms with Gasteiger partial charge in [-0.3, -0.25) is 24.7 Å². The van der Waals surface area contributed by atoms with Gasteiger partial charge in [0.05, 0.1) is 29.5 Å². The molecule has 2 unspecified atom stereocenters. The van der Waals surface area contributed by atoms with Gasteiger partial charge in [0.25, 0.3) is 11.6 Å². The topological polar surface area (TPSA) is 173 Å². The van der Waals surface area contributed by atoms with Crippen LogP contribution in [0.2, 0.25) is 0 Å². The summed E-state index contributed by atoms with van der Waals surface area (Å²) in [5.41, 5.74) is 1.45. The van der Waals surface area contributed by atoms with Crippen LogP contribution in [0.15, 0.2) is 36.4 Å². The van der Waals surface area contributed by atoms with Crippen LogP contribution >= 0.6 is 0 Å². The zero-order chi connectivity index (χ0) is 24.9. The van der Waals surface area contributed by atoms with Gasteiger partial charge in [0, 0.05) is 38.8 Å². The van der Waals surface area contributed by atoms with Crippen LogP contribution in [0, 0.1) is 10.1 Å². The Morgan fingerprint density at radius 2 is 2.09 bits per heavy atom. The highest BCUT2D eigenvalue weighted by Gasteiger charge is 2.31. The molecule has 35 heavy (non-hydrogen) atoms. The van der Waals surface area contributed by atoms with Crippen LogP contribution in [0.3, 0.4) is 0 Å². The summed E-state index contributed by atoms with van der Waals surface area (Å²) in [6.07, 6.45) is -1.61. The van der Waals surface area contributed by atoms with Crippen molar-refractivity contribution in [3.05, 3.63) is 63.6 Å². The highest BCUT2D eigenvalue weighted by molar-refractivity contribution is 6.02. The molecule has 14 nitrogen and oxygen atoms in total. The molecular formula is C21H22N6O8. The van der Waals surface area contributed by atoms with E-state index in [1.165, 1.54) is 28.9 Å². The van der Waals surface area contributed by atoms with Crippen molar-refractivity contribution in [3.8, 4) is 5.75 Å². The molecular weight excluding hydrogens is 464 g/mol. The number of carbonyl (C=O) groups excluding carboxylic acids is 2. The number of nitro benzene ring substituents is 1. The monoisotopic (exact) mass is 486 g/mol. The number of rotatable bonds is 8. The second-order valence-electron chi connectivity index (χ2n) is 7.64. The Bertz CT molecular complexity index is 1220. The summed E-state index contributed by atoms with van der Waals surface area (Å²) < 4.78 is 22.5. The van der Waals surface area contributed by atoms with E-state index in [0.29, 0.717) is 29.3 Å². The van der Waals surface area contributed by atoms with Crippen LogP contribution < -0.4 is 10.1 Å². The standard InChI is InChI=1S/C21H22N6O8/c1-26-17(7-12(25-26)10-32-2)20(28)22-19-9-16(23-24-19)18-8-15(11-33-18)35-21(29)34-14-5-3-13(4-6-14)27(30)31/h3-7,9,15,18H,8,10-11H2,1-2H3,(H2,22,23,24,28). The number of methoxy groups -OCH3 is 1. The van der Waals surface area contributed by atoms with E-state index >= 15 is 0 Å². The predicted octanol–water partition coefficient (Wildman–Crippen LogP) is 2.50. The van der Waals surface area contributed by atoms with Crippen molar-refractivity contribution in [2.75, 3.05) is 19.0 Å². The number of aromatic amines is 1. The minimum atomic E-state index is -0.949. The van der Waals surface area contributed by atoms with Crippen molar-refractivity contribution in [2.45, 2.75) is 25.2 Å². The quantitative estimate of drug-likeness (QED) is 0.208. The number of nitrogens with one attached hydrogen (secondary N) is 2. The summed E-state index contributed by atoms with van der Waals surface area (Å²) in [5.74, 6) is 0.0285. The molecule has 3 heterocycles. The van der Waals surface area contributed by atoms with Crippen molar-refractivity contribution in [1.82, 2.24) is 20.0 Å². The van der Waals surface area contributed by atoms with Gasteiger partial charge in [-0.1, -0.05) is 0 Å². The maximum atomic E-state index is 12.6. The lowest BCUT2D eigenvalue weighted by Crippen LogP contribution is -2.20. The molecule has 2 atom stereocenters. The van der Waals surface area contributed by atoms with E-state index in [0.717, 1.165) is 0 Å². The summed E-state index contributed by atoms with van der Waals surface area (Å²) in [6.45, 7) is 0.426. The molecule has 2 N–H and O–H groups in total. The zero-order valence-corrected chi connectivity index (χ0v) is 18.8. The number of benzene rings is 1. The molecule has 0 spiro atoms. The van der Waals surface area contributed by atoms with E-state index in [2.05, 4.69) is 20.6 Å². The number of H-pyrrole nitrogens is 1. The third-order valence-electron chi connectivity index (χ3n) is 5.11. The highest BCUT2D eigenvalue weighted by Crippen LogP contribution is 2.30. The van der Waals surface area contributed by atoms with Gasteiger partial charge in [-0.05, 0) is 18.2 Å². The van der Waals surface area contributed by atoms with E-state index in [1.54, 1.807) is 26.3 Å². The number of ether oxygens (including phenoxy) is 4. The molecule has 0 bridgehead atoms. The van der Waals surface area contributed by atoms with Crippen molar-refractivity contribution in [1.29, 1.82) is 0 Å². The SMILES string of the molecule is COCc1cc(C(=O)Nc2cc(C3CC(OC(=O)Oc4ccc([N+](=O)[O-])cc4)CO3)[nH]n2)n(C)n1. The molecule has 1 aliphatic rings. The van der Waals surface area contributed by atoms with Crippen molar-refractivity contribution in [2.24, 2.45) is 7.05 Å². The largest absolute Gasteiger partial charge is 0.514 e. The first-order valence-corrected chi connectivity index (χ1v) is 10.5. The van der Waals surface area contributed by atoms with Gasteiger partial charge in [0.2, 0.25) is 0 Å². The average Bonchev–Trinajstić information content (AvgIpc) is 3.54. The fourth-order valence-corrected chi connectivity index (χ4v) is 3.49. The van der Waals surface area contributed by atoms with Crippen LogP contribution in [-0.4, -0.2) is 56.8 Å². The molecule has 2 aromatic heterocycles. The number of aromatic nitrogens is 4. The third kappa shape index (κ3) is 5.80. The number of anilines is 1. The molecule has 3 aromatic rings. The number of hydrogen-bond acceptors (Lipinski definition) is 10. The first-order chi connectivity index (χ1) is 16.8. The van der Waals surface area contributed by atoms with Crippen LogP contribution in [0.1, 0.15) is 34.4 Å². The first kappa shape index (κ1) is 23.8. The van der Waals surface area contributed by atoms with Crippen LogP contribution in [-0.2, 0) is 27.9 Å². The molecule has 184 valence electrons. The molecule has 14 heteroatoms. The summed E-state index contributed by atoms with van der Waals surface area (Å²) in [7, 11) is 3.20. The first-order valence-electron chi connectivity index (χ1n) is 10.5. The van der Waals surface area contributed by atoms with Crippen LogP contribution in [0.5, 0.6) is 5.75 Å². The van der Waals surface area contributed by atoms with Gasteiger partial charge < -0.3 is 24.3 Å². The van der Waals surface area contributed by atoms with Gasteiger partial charge in [-0.15, -0.1) is 0 Å². The van der Waals surface area contributed by atoms with E-state index < -0.39 is 23.3 Å². The lowest BCUT2D eigenvalue weighted by molar-refractivity contribution is -0.384. The van der Waals surface area contributed by atoms with Crippen molar-refractivity contribution < 1.29 is 33.5 Å². The number of nitro groups is 1. The number of aryl methyl sites for hydroxylation is 1. The Labute approximate surface area is 198 Å². The Hall–Kier alpha value is -4.30. The molecule has 4 rings (SSSR count). The van der Waals surface area contributed by atoms with E-state index in [9.17, 15) is 19.7 Å². The van der Waals surface area contributed by atoms with Crippen LogP contribution in [0.25, 0.3) is 0 Å². The molecule has 1 aliphatic heterocycles. The molecule has 1 aromatic carbocycles. The van der Waals surface area contributed by atoms with Crippen LogP contribution in [0.4, 0.5) is 16.3 Å². The summed E-state index contributed by atoms with van der Waals surface area (Å²) in [6, 6.07) is 8.31. The molecule has 1 fully saturated rings. The highest BCUT2D eigenvalue weighted by atomic mass is 16.7. The maximum Gasteiger partial charge on any atom is 0.514 e. The molecule has 0 radical (unpaired) electrons. The zero-order valence-electron chi connectivity index (χ0n) is 18.8. The molecule has 1 amide bonds. The van der Waals surface area contributed by atoms with Gasteiger partial charge >= 0.3 is 6.16 Å². The van der Waals surface area contributed by atoms with Gasteiger partial charge in [-0.25, -0.2) is 4.79 Å². The minimum Gasteiger partial charge on any atom is -0.428 e. The van der Waals surface area contributed by atoms with E-state index in [4.69, 9.17) is 18.9 Å². The lowest BCUT2D eigenvalue weighted by atomic mass is 10.1. The third-order valence-corrected chi connectivity index (χ3v) is 5.11. The summed E-state index contributed by atoms with van der Waals surface area (Å²) >= 11 is 0. The molecule has 1 saturated heterocycles. The normalized spacial score (nSPS) is 17.2. The van der Waals surface area contributed by atoms with Gasteiger partial charge in [0.15, 0.2) is 5.82 Å². The lowest BCUT2D eigenvalue weighted by Gasteiger charge is -2.10. The second kappa shape index (κ2) is 10.3. The molecule has 0 aliphatic carbocycles. The van der Waals surface area contributed by atoms with E-state index in [1.807, 2.05) is 0 Å². The molecule has 0 saturated carbocycles. The number of carbonyl (C=O) groups is 2.